The molecule has 248 valence electrons. The van der Waals surface area contributed by atoms with Gasteiger partial charge in [-0.15, -0.1) is 0 Å². The third-order valence-corrected chi connectivity index (χ3v) is 8.28. The first kappa shape index (κ1) is 35.5. The van der Waals surface area contributed by atoms with Gasteiger partial charge in [0, 0.05) is 24.5 Å². The molecular weight excluding hydrogens is 572 g/mol. The third-order valence-electron chi connectivity index (χ3n) is 8.28. The van der Waals surface area contributed by atoms with Gasteiger partial charge in [-0.05, 0) is 45.9 Å². The summed E-state index contributed by atoms with van der Waals surface area (Å²) in [5, 5.41) is 70.2. The lowest BCUT2D eigenvalue weighted by molar-refractivity contribution is -0.297. The fourth-order valence-corrected chi connectivity index (χ4v) is 5.95. The van der Waals surface area contributed by atoms with Gasteiger partial charge in [-0.25, -0.2) is 4.79 Å². The molecule has 1 saturated heterocycles. The fourth-order valence-electron chi connectivity index (χ4n) is 5.95. The Morgan fingerprint density at radius 3 is 2.51 bits per heavy atom. The lowest BCUT2D eigenvalue weighted by atomic mass is 9.72. The third kappa shape index (κ3) is 8.59. The normalized spacial score (nSPS) is 39.7. The summed E-state index contributed by atoms with van der Waals surface area (Å²) in [6.45, 7) is 1.21. The Morgan fingerprint density at radius 2 is 1.88 bits per heavy atom. The van der Waals surface area contributed by atoms with Crippen LogP contribution >= 0.6 is 0 Å². The van der Waals surface area contributed by atoms with Crippen LogP contribution in [-0.4, -0.2) is 148 Å². The molecule has 0 radical (unpaired) electrons. The van der Waals surface area contributed by atoms with E-state index >= 15 is 0 Å². The number of nitrogens with two attached hydrogens (primary N) is 3. The summed E-state index contributed by atoms with van der Waals surface area (Å²) in [5.41, 5.74) is 17.0. The molecule has 1 saturated carbocycles. The molecule has 1 aliphatic carbocycles. The molecule has 3 rings (SSSR count). The summed E-state index contributed by atoms with van der Waals surface area (Å²) in [6.07, 6.45) is -7.03. The predicted molar refractivity (Wildman–Crippen MR) is 150 cm³/mol. The number of aliphatic carboxylic acids is 1. The van der Waals surface area contributed by atoms with Crippen molar-refractivity contribution in [2.24, 2.45) is 23.1 Å². The van der Waals surface area contributed by atoms with Crippen LogP contribution in [0.2, 0.25) is 0 Å². The zero-order valence-corrected chi connectivity index (χ0v) is 24.4. The van der Waals surface area contributed by atoms with Crippen molar-refractivity contribution in [3.05, 3.63) is 11.8 Å². The summed E-state index contributed by atoms with van der Waals surface area (Å²) in [7, 11) is 1.56. The molecule has 0 bridgehead atoms. The van der Waals surface area contributed by atoms with E-state index in [2.05, 4.69) is 16.0 Å². The molecule has 2 heterocycles. The van der Waals surface area contributed by atoms with E-state index in [4.69, 9.17) is 36.5 Å². The number of aliphatic hydroxyl groups excluding tert-OH is 4. The largest absolute Gasteiger partial charge is 0.492 e. The highest BCUT2D eigenvalue weighted by molar-refractivity contribution is 5.80. The molecule has 1 amide bonds. The number of hydrogen-bond donors (Lipinski definition) is 12. The SMILES string of the molecule is CN[C@@H]1[C@@H](O)[C@@H](O[C@@H]2[C@@H](O)[C@H](C3OC(CNC[C@H](O)C(=O)O)=CC[C@H]3N)[C@@H](N)C[C@H]2NC(=O)[C@@H](O)CCN)OC[C@]1(C)O. The molecule has 1 unspecified atom stereocenters. The van der Waals surface area contributed by atoms with Crippen molar-refractivity contribution < 1.29 is 54.4 Å². The summed E-state index contributed by atoms with van der Waals surface area (Å²) in [4.78, 5) is 23.6. The van der Waals surface area contributed by atoms with Crippen LogP contribution in [0.1, 0.15) is 26.2 Å². The van der Waals surface area contributed by atoms with Crippen molar-refractivity contribution >= 4 is 11.9 Å². The van der Waals surface area contributed by atoms with Gasteiger partial charge in [-0.1, -0.05) is 0 Å². The Labute approximate surface area is 249 Å². The number of likely N-dealkylation sites (N-methyl/N-ethyl adjacent to an activating group) is 1. The number of carbonyl (C=O) groups excluding carboxylic acids is 1. The van der Waals surface area contributed by atoms with Crippen LogP contribution in [0.4, 0.5) is 0 Å². The minimum absolute atomic E-state index is 0.00208. The molecule has 0 aromatic carbocycles. The van der Waals surface area contributed by atoms with E-state index in [1.165, 1.54) is 6.92 Å². The van der Waals surface area contributed by atoms with Gasteiger partial charge in [-0.2, -0.15) is 0 Å². The van der Waals surface area contributed by atoms with Gasteiger partial charge in [0.25, 0.3) is 0 Å². The van der Waals surface area contributed by atoms with E-state index in [-0.39, 0.29) is 39.1 Å². The van der Waals surface area contributed by atoms with E-state index < -0.39 is 90.5 Å². The molecule has 2 fully saturated rings. The average Bonchev–Trinajstić information content (AvgIpc) is 2.93. The molecule has 0 spiro atoms. The van der Waals surface area contributed by atoms with Crippen molar-refractivity contribution in [3.8, 4) is 0 Å². The highest BCUT2D eigenvalue weighted by Gasteiger charge is 2.53. The number of nitrogens with one attached hydrogen (secondary N) is 3. The molecular formula is C26H48N6O11. The Bertz CT molecular complexity index is 974. The Morgan fingerprint density at radius 1 is 1.19 bits per heavy atom. The minimum Gasteiger partial charge on any atom is -0.492 e. The zero-order valence-electron chi connectivity index (χ0n) is 24.4. The van der Waals surface area contributed by atoms with Crippen molar-refractivity contribution in [1.82, 2.24) is 16.0 Å². The van der Waals surface area contributed by atoms with Gasteiger partial charge >= 0.3 is 5.97 Å². The maximum absolute atomic E-state index is 12.7. The van der Waals surface area contributed by atoms with Crippen molar-refractivity contribution in [2.75, 3.05) is 33.3 Å². The van der Waals surface area contributed by atoms with Crippen molar-refractivity contribution in [1.29, 1.82) is 0 Å². The van der Waals surface area contributed by atoms with Gasteiger partial charge in [0.15, 0.2) is 12.4 Å². The number of carbonyl (C=O) groups is 2. The molecule has 0 aromatic rings. The topological polar surface area (TPSA) is 297 Å². The maximum atomic E-state index is 12.7. The van der Waals surface area contributed by atoms with Crippen LogP contribution in [0, 0.1) is 5.92 Å². The van der Waals surface area contributed by atoms with Gasteiger partial charge in [0.05, 0.1) is 31.3 Å². The smallest absolute Gasteiger partial charge is 0.333 e. The lowest BCUT2D eigenvalue weighted by Crippen LogP contribution is -2.69. The van der Waals surface area contributed by atoms with E-state index in [9.17, 15) is 35.1 Å². The number of amides is 1. The standard InChI is InChI=1S/C26H48N6O11/c1-26(40)10-41-25(19(36)22(26)30-2)43-21-14(32-23(37)15(33)5-6-27)7-13(29)17(18(21)35)20-12(28)4-3-11(42-20)8-31-9-16(34)24(38)39/h3,12-22,25,30-31,33-36,40H,4-10,27-29H2,1-2H3,(H,32,37)(H,38,39)/t12-,13+,14-,15+,16+,17-,18+,19-,20?,21+,22-,25-,26+/m1/s1. The van der Waals surface area contributed by atoms with Crippen LogP contribution in [0.3, 0.4) is 0 Å². The molecule has 2 aliphatic heterocycles. The van der Waals surface area contributed by atoms with Crippen LogP contribution in [-0.2, 0) is 23.8 Å². The second-order valence-corrected chi connectivity index (χ2v) is 11.7. The van der Waals surface area contributed by atoms with E-state index in [1.54, 1.807) is 13.1 Å². The van der Waals surface area contributed by atoms with Gasteiger partial charge in [0.1, 0.15) is 35.8 Å². The number of carboxylic acid groups (broad SMARTS) is 1. The molecule has 13 atom stereocenters. The van der Waals surface area contributed by atoms with Crippen LogP contribution in [0.25, 0.3) is 0 Å². The number of aliphatic hydroxyl groups is 5. The summed E-state index contributed by atoms with van der Waals surface area (Å²) >= 11 is 0. The lowest BCUT2D eigenvalue weighted by Gasteiger charge is -2.50. The van der Waals surface area contributed by atoms with Crippen molar-refractivity contribution in [2.45, 2.75) is 98.9 Å². The van der Waals surface area contributed by atoms with Gasteiger partial charge < -0.3 is 78.0 Å². The van der Waals surface area contributed by atoms with E-state index in [1.807, 2.05) is 0 Å². The summed E-state index contributed by atoms with van der Waals surface area (Å²) in [5.74, 6) is -2.54. The molecule has 17 heteroatoms. The van der Waals surface area contributed by atoms with Gasteiger partial charge in [0.2, 0.25) is 5.91 Å². The number of rotatable bonds is 13. The monoisotopic (exact) mass is 620 g/mol. The van der Waals surface area contributed by atoms with Crippen molar-refractivity contribution in [3.63, 3.8) is 0 Å². The van der Waals surface area contributed by atoms with Crippen LogP contribution < -0.4 is 33.2 Å². The average molecular weight is 621 g/mol. The number of ether oxygens (including phenoxy) is 3. The Hall–Kier alpha value is -2.00. The molecule has 15 N–H and O–H groups in total. The van der Waals surface area contributed by atoms with E-state index in [0.717, 1.165) is 0 Å². The zero-order chi connectivity index (χ0) is 32.1. The van der Waals surface area contributed by atoms with E-state index in [0.29, 0.717) is 12.2 Å². The molecule has 0 aromatic heterocycles. The quantitative estimate of drug-likeness (QED) is 0.0913. The highest BCUT2D eigenvalue weighted by atomic mass is 16.7. The fraction of sp³-hybridized carbons (Fsp3) is 0.846. The molecule has 43 heavy (non-hydrogen) atoms. The predicted octanol–water partition coefficient (Wildman–Crippen LogP) is -5.63. The Balaban J connectivity index is 1.82. The molecule has 17 nitrogen and oxygen atoms in total. The minimum atomic E-state index is -1.60. The molecule has 3 aliphatic rings. The second-order valence-electron chi connectivity index (χ2n) is 11.7. The second kappa shape index (κ2) is 15.3. The van der Waals surface area contributed by atoms with Crippen LogP contribution in [0.5, 0.6) is 0 Å². The Kier molecular flexibility index (Phi) is 12.6. The maximum Gasteiger partial charge on any atom is 0.333 e. The number of hydrogen-bond acceptors (Lipinski definition) is 15. The summed E-state index contributed by atoms with van der Waals surface area (Å²) in [6, 6.07) is -3.15. The first-order valence-corrected chi connectivity index (χ1v) is 14.4. The first-order valence-electron chi connectivity index (χ1n) is 14.4. The summed E-state index contributed by atoms with van der Waals surface area (Å²) < 4.78 is 17.9. The highest BCUT2D eigenvalue weighted by Crippen LogP contribution is 2.36. The van der Waals surface area contributed by atoms with Gasteiger partial charge in [-0.3, -0.25) is 4.79 Å². The number of carboxylic acids is 1. The first-order chi connectivity index (χ1) is 20.2. The van der Waals surface area contributed by atoms with Crippen LogP contribution in [0.15, 0.2) is 11.8 Å².